The summed E-state index contributed by atoms with van der Waals surface area (Å²) in [5.74, 6) is -0.129. The molecule has 0 fully saturated rings. The van der Waals surface area contributed by atoms with Crippen LogP contribution in [0.5, 0.6) is 5.75 Å². The first-order valence-corrected chi connectivity index (χ1v) is 15.4. The second-order valence-electron chi connectivity index (χ2n) is 8.31. The number of aryl methyl sites for hydroxylation is 1. The van der Waals surface area contributed by atoms with Crippen LogP contribution in [0.3, 0.4) is 0 Å². The van der Waals surface area contributed by atoms with Crippen molar-refractivity contribution in [1.29, 1.82) is 0 Å². The summed E-state index contributed by atoms with van der Waals surface area (Å²) in [5, 5.41) is 2.66. The van der Waals surface area contributed by atoms with Crippen molar-refractivity contribution in [3.05, 3.63) is 76.8 Å². The van der Waals surface area contributed by atoms with Crippen LogP contribution in [0.25, 0.3) is 0 Å². The number of anilines is 2. The molecule has 1 amide bonds. The van der Waals surface area contributed by atoms with E-state index >= 15 is 0 Å². The van der Waals surface area contributed by atoms with Crippen LogP contribution in [0.2, 0.25) is 0 Å². The van der Waals surface area contributed by atoms with Gasteiger partial charge in [0.25, 0.3) is 10.0 Å². The molecule has 0 bridgehead atoms. The molecule has 3 rings (SSSR count). The highest BCUT2D eigenvalue weighted by molar-refractivity contribution is 9.10. The van der Waals surface area contributed by atoms with E-state index in [1.807, 2.05) is 6.92 Å². The van der Waals surface area contributed by atoms with Crippen molar-refractivity contribution in [2.45, 2.75) is 30.6 Å². The fourth-order valence-corrected chi connectivity index (χ4v) is 7.31. The quantitative estimate of drug-likeness (QED) is 0.333. The zero-order chi connectivity index (χ0) is 28.1. The Morgan fingerprint density at radius 2 is 1.45 bits per heavy atom. The number of ether oxygens (including phenoxy) is 1. The van der Waals surface area contributed by atoms with Gasteiger partial charge in [-0.15, -0.1) is 0 Å². The summed E-state index contributed by atoms with van der Waals surface area (Å²) in [7, 11) is -6.31. The summed E-state index contributed by atoms with van der Waals surface area (Å²) >= 11 is 3.31. The lowest BCUT2D eigenvalue weighted by molar-refractivity contribution is -0.114. The number of methoxy groups -OCH3 is 1. The summed E-state index contributed by atoms with van der Waals surface area (Å²) in [5.41, 5.74) is 1.59. The number of hydrogen-bond donors (Lipinski definition) is 1. The van der Waals surface area contributed by atoms with Gasteiger partial charge in [0.1, 0.15) is 12.3 Å². The molecule has 204 valence electrons. The fourth-order valence-electron chi connectivity index (χ4n) is 3.71. The molecule has 0 radical (unpaired) electrons. The van der Waals surface area contributed by atoms with Gasteiger partial charge in [0.15, 0.2) is 0 Å². The summed E-state index contributed by atoms with van der Waals surface area (Å²) in [6.45, 7) is 5.56. The van der Waals surface area contributed by atoms with Gasteiger partial charge in [-0.05, 0) is 77.5 Å². The van der Waals surface area contributed by atoms with Gasteiger partial charge in [-0.2, -0.15) is 4.31 Å². The molecule has 0 heterocycles. The lowest BCUT2D eigenvalue weighted by Crippen LogP contribution is -2.38. The maximum atomic E-state index is 13.6. The third-order valence-corrected chi connectivity index (χ3v) is 10.3. The number of amides is 1. The van der Waals surface area contributed by atoms with E-state index in [2.05, 4.69) is 21.2 Å². The van der Waals surface area contributed by atoms with Crippen LogP contribution in [0.15, 0.2) is 81.0 Å². The smallest absolute Gasteiger partial charge is 0.264 e. The van der Waals surface area contributed by atoms with Crippen molar-refractivity contribution in [3.63, 3.8) is 0 Å². The largest absolute Gasteiger partial charge is 0.496 e. The Balaban J connectivity index is 1.88. The van der Waals surface area contributed by atoms with Crippen LogP contribution in [0.1, 0.15) is 19.4 Å². The van der Waals surface area contributed by atoms with Crippen LogP contribution < -0.4 is 14.4 Å². The standard InChI is InChI=1S/C26H30BrN3O6S2/c1-5-29(6-2)37(32,33)22-13-9-20(10-14-22)28-26(31)18-30(21-11-7-19(3)8-12-21)38(34,35)23-15-16-25(36-4)24(27)17-23/h7-17H,5-6,18H2,1-4H3,(H,28,31). The molecule has 3 aromatic carbocycles. The second-order valence-corrected chi connectivity index (χ2v) is 13.0. The topological polar surface area (TPSA) is 113 Å². The van der Waals surface area contributed by atoms with Gasteiger partial charge in [-0.3, -0.25) is 9.10 Å². The van der Waals surface area contributed by atoms with E-state index in [0.29, 0.717) is 34.7 Å². The second kappa shape index (κ2) is 12.3. The number of nitrogens with one attached hydrogen (secondary N) is 1. The Bertz CT molecular complexity index is 1490. The van der Waals surface area contributed by atoms with Crippen molar-refractivity contribution in [1.82, 2.24) is 4.31 Å². The number of benzene rings is 3. The number of rotatable bonds is 11. The highest BCUT2D eigenvalue weighted by Gasteiger charge is 2.28. The number of carbonyl (C=O) groups excluding carboxylic acids is 1. The monoisotopic (exact) mass is 623 g/mol. The Morgan fingerprint density at radius 3 is 1.97 bits per heavy atom. The molecule has 3 aromatic rings. The molecule has 9 nitrogen and oxygen atoms in total. The number of nitrogens with zero attached hydrogens (tertiary/aromatic N) is 2. The maximum absolute atomic E-state index is 13.6. The van der Waals surface area contributed by atoms with Gasteiger partial charge in [0.2, 0.25) is 15.9 Å². The van der Waals surface area contributed by atoms with Crippen LogP contribution in [0, 0.1) is 6.92 Å². The zero-order valence-corrected chi connectivity index (χ0v) is 24.7. The molecular formula is C26H30BrN3O6S2. The molecule has 0 unspecified atom stereocenters. The molecule has 0 aliphatic heterocycles. The van der Waals surface area contributed by atoms with Gasteiger partial charge < -0.3 is 10.1 Å². The lowest BCUT2D eigenvalue weighted by Gasteiger charge is -2.24. The molecule has 0 atom stereocenters. The van der Waals surface area contributed by atoms with Gasteiger partial charge in [-0.25, -0.2) is 16.8 Å². The molecule has 0 aromatic heterocycles. The molecule has 38 heavy (non-hydrogen) atoms. The third kappa shape index (κ3) is 6.55. The van der Waals surface area contributed by atoms with Gasteiger partial charge in [0.05, 0.1) is 27.1 Å². The number of halogens is 1. The average Bonchev–Trinajstić information content (AvgIpc) is 2.88. The van der Waals surface area contributed by atoms with Crippen LogP contribution in [-0.4, -0.2) is 53.8 Å². The van der Waals surface area contributed by atoms with Crippen molar-refractivity contribution < 1.29 is 26.4 Å². The first-order valence-electron chi connectivity index (χ1n) is 11.8. The van der Waals surface area contributed by atoms with E-state index in [9.17, 15) is 21.6 Å². The maximum Gasteiger partial charge on any atom is 0.264 e. The molecule has 12 heteroatoms. The lowest BCUT2D eigenvalue weighted by atomic mass is 10.2. The Hall–Kier alpha value is -2.93. The predicted molar refractivity (Wildman–Crippen MR) is 152 cm³/mol. The summed E-state index contributed by atoms with van der Waals surface area (Å²) in [6, 6.07) is 16.9. The first-order chi connectivity index (χ1) is 17.9. The molecule has 0 aliphatic carbocycles. The van der Waals surface area contributed by atoms with E-state index in [4.69, 9.17) is 4.74 Å². The van der Waals surface area contributed by atoms with Crippen molar-refractivity contribution in [2.24, 2.45) is 0 Å². The van der Waals surface area contributed by atoms with Crippen LogP contribution >= 0.6 is 15.9 Å². The SMILES string of the molecule is CCN(CC)S(=O)(=O)c1ccc(NC(=O)CN(c2ccc(C)cc2)S(=O)(=O)c2ccc(OC)c(Br)c2)cc1. The number of hydrogen-bond acceptors (Lipinski definition) is 6. The fraction of sp³-hybridized carbons (Fsp3) is 0.269. The van der Waals surface area contributed by atoms with E-state index in [1.54, 1.807) is 38.1 Å². The van der Waals surface area contributed by atoms with Crippen molar-refractivity contribution in [3.8, 4) is 5.75 Å². The van der Waals surface area contributed by atoms with Gasteiger partial charge in [-0.1, -0.05) is 31.5 Å². The first kappa shape index (κ1) is 29.6. The van der Waals surface area contributed by atoms with E-state index < -0.39 is 32.5 Å². The molecule has 0 aliphatic rings. The van der Waals surface area contributed by atoms with Gasteiger partial charge >= 0.3 is 0 Å². The van der Waals surface area contributed by atoms with E-state index in [-0.39, 0.29) is 9.79 Å². The highest BCUT2D eigenvalue weighted by Crippen LogP contribution is 2.31. The Labute approximate surface area is 232 Å². The Morgan fingerprint density at radius 1 is 0.868 bits per heavy atom. The highest BCUT2D eigenvalue weighted by atomic mass is 79.9. The predicted octanol–water partition coefficient (Wildman–Crippen LogP) is 4.63. The molecule has 0 saturated carbocycles. The Kier molecular flexibility index (Phi) is 9.58. The van der Waals surface area contributed by atoms with Crippen LogP contribution in [-0.2, 0) is 24.8 Å². The third-order valence-electron chi connectivity index (χ3n) is 5.80. The molecule has 0 spiro atoms. The molecule has 0 saturated heterocycles. The molecule has 1 N–H and O–H groups in total. The normalized spacial score (nSPS) is 11.8. The number of sulfonamides is 2. The van der Waals surface area contributed by atoms with Gasteiger partial charge in [0, 0.05) is 18.8 Å². The molecular weight excluding hydrogens is 594 g/mol. The minimum atomic E-state index is -4.14. The summed E-state index contributed by atoms with van der Waals surface area (Å²) in [4.78, 5) is 13.1. The zero-order valence-electron chi connectivity index (χ0n) is 21.5. The van der Waals surface area contributed by atoms with Crippen molar-refractivity contribution in [2.75, 3.05) is 36.4 Å². The number of carbonyl (C=O) groups is 1. The van der Waals surface area contributed by atoms with E-state index in [1.165, 1.54) is 53.9 Å². The van der Waals surface area contributed by atoms with Crippen LogP contribution in [0.4, 0.5) is 11.4 Å². The average molecular weight is 625 g/mol. The minimum Gasteiger partial charge on any atom is -0.496 e. The summed E-state index contributed by atoms with van der Waals surface area (Å²) < 4.78 is 60.7. The van der Waals surface area contributed by atoms with Crippen molar-refractivity contribution >= 4 is 53.3 Å². The van der Waals surface area contributed by atoms with E-state index in [0.717, 1.165) is 9.87 Å². The summed E-state index contributed by atoms with van der Waals surface area (Å²) in [6.07, 6.45) is 0. The minimum absolute atomic E-state index is 0.0236.